The predicted molar refractivity (Wildman–Crippen MR) is 50.5 cm³/mol. The summed E-state index contributed by atoms with van der Waals surface area (Å²) >= 11 is 1.69. The van der Waals surface area contributed by atoms with Crippen LogP contribution in [0.1, 0.15) is 4.88 Å². The van der Waals surface area contributed by atoms with Gasteiger partial charge in [0, 0.05) is 11.9 Å². The van der Waals surface area contributed by atoms with E-state index in [0.29, 0.717) is 5.70 Å². The summed E-state index contributed by atoms with van der Waals surface area (Å²) in [5, 5.41) is 10.6. The highest BCUT2D eigenvalue weighted by atomic mass is 32.1. The van der Waals surface area contributed by atoms with E-state index in [0.717, 1.165) is 6.54 Å². The van der Waals surface area contributed by atoms with Crippen molar-refractivity contribution in [3.05, 3.63) is 34.7 Å². The van der Waals surface area contributed by atoms with Crippen molar-refractivity contribution in [3.8, 4) is 6.07 Å². The van der Waals surface area contributed by atoms with Crippen molar-refractivity contribution in [2.75, 3.05) is 7.05 Å². The van der Waals surface area contributed by atoms with Crippen LogP contribution < -0.4 is 0 Å². The van der Waals surface area contributed by atoms with E-state index in [-0.39, 0.29) is 0 Å². The molecular weight excluding hydrogens is 168 g/mol. The number of allylic oxidation sites excluding steroid dienone is 1. The minimum absolute atomic E-state index is 0.503. The number of rotatable bonds is 3. The molecule has 0 atom stereocenters. The Labute approximate surface area is 76.4 Å². The first-order valence-electron chi connectivity index (χ1n) is 3.56. The van der Waals surface area contributed by atoms with Crippen molar-refractivity contribution in [2.45, 2.75) is 6.54 Å². The summed E-state index contributed by atoms with van der Waals surface area (Å²) in [7, 11) is 1.87. The van der Waals surface area contributed by atoms with Crippen LogP contribution in [0.2, 0.25) is 0 Å². The molecule has 0 aliphatic heterocycles. The lowest BCUT2D eigenvalue weighted by atomic mass is 10.4. The molecule has 1 aromatic heterocycles. The van der Waals surface area contributed by atoms with Gasteiger partial charge in [0.2, 0.25) is 0 Å². The second kappa shape index (κ2) is 3.93. The van der Waals surface area contributed by atoms with Gasteiger partial charge in [-0.2, -0.15) is 5.26 Å². The molecule has 0 bridgehead atoms. The number of nitrogens with zero attached hydrogens (tertiary/aromatic N) is 2. The largest absolute Gasteiger partial charge is 0.361 e. The van der Waals surface area contributed by atoms with Gasteiger partial charge in [-0.3, -0.25) is 0 Å². The van der Waals surface area contributed by atoms with Crippen molar-refractivity contribution >= 4 is 11.3 Å². The summed E-state index contributed by atoms with van der Waals surface area (Å²) in [5.74, 6) is 0. The van der Waals surface area contributed by atoms with E-state index in [4.69, 9.17) is 5.26 Å². The van der Waals surface area contributed by atoms with Gasteiger partial charge in [0.1, 0.15) is 11.8 Å². The van der Waals surface area contributed by atoms with Crippen LogP contribution in [0.25, 0.3) is 0 Å². The first kappa shape index (κ1) is 8.82. The van der Waals surface area contributed by atoms with Crippen molar-refractivity contribution < 1.29 is 0 Å². The third-order valence-corrected chi connectivity index (χ3v) is 2.42. The normalized spacial score (nSPS) is 9.00. The van der Waals surface area contributed by atoms with Crippen LogP contribution in [0.3, 0.4) is 0 Å². The highest BCUT2D eigenvalue weighted by Crippen LogP contribution is 2.12. The smallest absolute Gasteiger partial charge is 0.116 e. The minimum atomic E-state index is 0.503. The summed E-state index contributed by atoms with van der Waals surface area (Å²) < 4.78 is 0. The zero-order chi connectivity index (χ0) is 8.97. The molecule has 62 valence electrons. The molecule has 0 radical (unpaired) electrons. The molecule has 0 N–H and O–H groups in total. The van der Waals surface area contributed by atoms with E-state index < -0.39 is 0 Å². The maximum absolute atomic E-state index is 8.55. The Bertz CT molecular complexity index is 295. The third kappa shape index (κ3) is 2.11. The lowest BCUT2D eigenvalue weighted by molar-refractivity contribution is 0.433. The molecule has 0 aliphatic carbocycles. The fourth-order valence-electron chi connectivity index (χ4n) is 0.817. The average molecular weight is 178 g/mol. The summed E-state index contributed by atoms with van der Waals surface area (Å²) in [6, 6.07) is 6.06. The lowest BCUT2D eigenvalue weighted by Gasteiger charge is -2.14. The molecule has 0 saturated heterocycles. The second-order valence-electron chi connectivity index (χ2n) is 2.49. The molecule has 0 aromatic carbocycles. The number of hydrogen-bond acceptors (Lipinski definition) is 3. The third-order valence-electron chi connectivity index (χ3n) is 1.56. The Balaban J connectivity index is 2.54. The molecule has 0 saturated carbocycles. The summed E-state index contributed by atoms with van der Waals surface area (Å²) in [5.41, 5.74) is 0.503. The molecule has 1 heterocycles. The number of hydrogen-bond donors (Lipinski definition) is 0. The van der Waals surface area contributed by atoms with Gasteiger partial charge in [-0.05, 0) is 11.4 Å². The van der Waals surface area contributed by atoms with Crippen molar-refractivity contribution in [3.63, 3.8) is 0 Å². The van der Waals surface area contributed by atoms with Crippen LogP contribution in [0.15, 0.2) is 29.8 Å². The monoisotopic (exact) mass is 178 g/mol. The van der Waals surface area contributed by atoms with Gasteiger partial charge in [0.25, 0.3) is 0 Å². The van der Waals surface area contributed by atoms with E-state index in [1.807, 2.05) is 35.5 Å². The van der Waals surface area contributed by atoms with Crippen LogP contribution in [-0.2, 0) is 6.54 Å². The zero-order valence-corrected chi connectivity index (χ0v) is 7.77. The topological polar surface area (TPSA) is 27.0 Å². The van der Waals surface area contributed by atoms with Crippen LogP contribution in [0.5, 0.6) is 0 Å². The average Bonchev–Trinajstić information content (AvgIpc) is 2.55. The van der Waals surface area contributed by atoms with E-state index in [1.165, 1.54) is 4.88 Å². The van der Waals surface area contributed by atoms with Gasteiger partial charge >= 0.3 is 0 Å². The van der Waals surface area contributed by atoms with Crippen LogP contribution in [0.4, 0.5) is 0 Å². The molecular formula is C9H10N2S. The molecule has 1 aromatic rings. The molecule has 3 heteroatoms. The molecule has 12 heavy (non-hydrogen) atoms. The lowest BCUT2D eigenvalue weighted by Crippen LogP contribution is -2.14. The Morgan fingerprint density at radius 3 is 3.08 bits per heavy atom. The Morgan fingerprint density at radius 1 is 1.83 bits per heavy atom. The van der Waals surface area contributed by atoms with E-state index in [9.17, 15) is 0 Å². The summed E-state index contributed by atoms with van der Waals surface area (Å²) in [4.78, 5) is 3.08. The molecule has 2 nitrogen and oxygen atoms in total. The standard InChI is InChI=1S/C9H10N2S/c1-8(6-10)11(2)7-9-4-3-5-12-9/h3-5H,1,7H2,2H3. The van der Waals surface area contributed by atoms with E-state index in [1.54, 1.807) is 11.3 Å². The molecule has 1 rings (SSSR count). The quantitative estimate of drug-likeness (QED) is 0.663. The number of thiophene rings is 1. The van der Waals surface area contributed by atoms with Gasteiger partial charge in [0.15, 0.2) is 0 Å². The SMILES string of the molecule is C=C(C#N)N(C)Cc1cccs1. The molecule has 0 fully saturated rings. The van der Waals surface area contributed by atoms with Gasteiger partial charge in [-0.15, -0.1) is 11.3 Å². The van der Waals surface area contributed by atoms with E-state index >= 15 is 0 Å². The highest BCUT2D eigenvalue weighted by molar-refractivity contribution is 7.09. The Hall–Kier alpha value is -1.27. The van der Waals surface area contributed by atoms with Gasteiger partial charge in [0.05, 0.1) is 6.54 Å². The van der Waals surface area contributed by atoms with Gasteiger partial charge < -0.3 is 4.90 Å². The van der Waals surface area contributed by atoms with Crippen LogP contribution >= 0.6 is 11.3 Å². The fourth-order valence-corrected chi connectivity index (χ4v) is 1.57. The second-order valence-corrected chi connectivity index (χ2v) is 3.53. The fraction of sp³-hybridized carbons (Fsp3) is 0.222. The van der Waals surface area contributed by atoms with Gasteiger partial charge in [-0.1, -0.05) is 12.6 Å². The summed E-state index contributed by atoms with van der Waals surface area (Å²) in [6.07, 6.45) is 0. The highest BCUT2D eigenvalue weighted by Gasteiger charge is 2.01. The van der Waals surface area contributed by atoms with Crippen molar-refractivity contribution in [1.29, 1.82) is 5.26 Å². The van der Waals surface area contributed by atoms with Crippen molar-refractivity contribution in [1.82, 2.24) is 4.90 Å². The zero-order valence-electron chi connectivity index (χ0n) is 6.95. The van der Waals surface area contributed by atoms with Crippen LogP contribution in [-0.4, -0.2) is 11.9 Å². The predicted octanol–water partition coefficient (Wildman–Crippen LogP) is 2.22. The first-order chi connectivity index (χ1) is 5.74. The van der Waals surface area contributed by atoms with Crippen LogP contribution in [0, 0.1) is 11.3 Å². The number of nitriles is 1. The summed E-state index contributed by atoms with van der Waals surface area (Å²) in [6.45, 7) is 4.39. The first-order valence-corrected chi connectivity index (χ1v) is 4.44. The maximum atomic E-state index is 8.55. The Kier molecular flexibility index (Phi) is 2.89. The van der Waals surface area contributed by atoms with Crippen molar-refractivity contribution in [2.24, 2.45) is 0 Å². The molecule has 0 spiro atoms. The molecule has 0 amide bonds. The molecule has 0 aliphatic rings. The maximum Gasteiger partial charge on any atom is 0.116 e. The van der Waals surface area contributed by atoms with E-state index in [2.05, 4.69) is 6.58 Å². The minimum Gasteiger partial charge on any atom is -0.361 e. The Morgan fingerprint density at radius 2 is 2.58 bits per heavy atom. The molecule has 0 unspecified atom stereocenters. The van der Waals surface area contributed by atoms with Gasteiger partial charge in [-0.25, -0.2) is 0 Å².